The third kappa shape index (κ3) is 2.02. The van der Waals surface area contributed by atoms with E-state index in [2.05, 4.69) is 0 Å². The van der Waals surface area contributed by atoms with Crippen molar-refractivity contribution in [2.45, 2.75) is 44.2 Å². The van der Waals surface area contributed by atoms with Crippen molar-refractivity contribution in [3.8, 4) is 5.75 Å². The number of rotatable bonds is 1. The minimum atomic E-state index is -0.164. The summed E-state index contributed by atoms with van der Waals surface area (Å²) in [6.45, 7) is 0. The van der Waals surface area contributed by atoms with E-state index in [-0.39, 0.29) is 6.09 Å². The average molecular weight is 231 g/mol. The van der Waals surface area contributed by atoms with E-state index >= 15 is 0 Å². The van der Waals surface area contributed by atoms with Crippen molar-refractivity contribution in [3.05, 3.63) is 30.3 Å². The predicted octanol–water partition coefficient (Wildman–Crippen LogP) is 3.20. The van der Waals surface area contributed by atoms with Crippen LogP contribution in [0.5, 0.6) is 5.75 Å². The van der Waals surface area contributed by atoms with Crippen molar-refractivity contribution < 1.29 is 9.53 Å². The van der Waals surface area contributed by atoms with Gasteiger partial charge in [0.25, 0.3) is 0 Å². The monoisotopic (exact) mass is 231 g/mol. The number of ether oxygens (including phenoxy) is 1. The normalized spacial score (nSPS) is 26.9. The number of hydrogen-bond donors (Lipinski definition) is 0. The summed E-state index contributed by atoms with van der Waals surface area (Å²) in [4.78, 5) is 14.1. The highest BCUT2D eigenvalue weighted by molar-refractivity contribution is 5.72. The molecule has 3 rings (SSSR count). The van der Waals surface area contributed by atoms with Gasteiger partial charge in [-0.05, 0) is 44.2 Å². The number of carbonyl (C=O) groups excluding carboxylic acids is 1. The smallest absolute Gasteiger partial charge is 0.410 e. The van der Waals surface area contributed by atoms with Crippen LogP contribution >= 0.6 is 0 Å². The lowest BCUT2D eigenvalue weighted by Crippen LogP contribution is -2.45. The van der Waals surface area contributed by atoms with E-state index in [1.807, 2.05) is 35.2 Å². The van der Waals surface area contributed by atoms with E-state index in [1.165, 1.54) is 6.42 Å². The van der Waals surface area contributed by atoms with Crippen LogP contribution in [-0.2, 0) is 0 Å². The average Bonchev–Trinajstić information content (AvgIpc) is 2.61. The number of para-hydroxylation sites is 1. The Labute approximate surface area is 101 Å². The van der Waals surface area contributed by atoms with Gasteiger partial charge in [-0.2, -0.15) is 0 Å². The van der Waals surface area contributed by atoms with Crippen molar-refractivity contribution in [2.24, 2.45) is 0 Å². The number of amides is 1. The second kappa shape index (κ2) is 4.40. The van der Waals surface area contributed by atoms with Gasteiger partial charge in [0.15, 0.2) is 0 Å². The fraction of sp³-hybridized carbons (Fsp3) is 0.500. The quantitative estimate of drug-likeness (QED) is 0.742. The van der Waals surface area contributed by atoms with Crippen LogP contribution in [0, 0.1) is 0 Å². The Bertz CT molecular complexity index is 388. The van der Waals surface area contributed by atoms with Gasteiger partial charge in [0.2, 0.25) is 0 Å². The van der Waals surface area contributed by atoms with Gasteiger partial charge in [0.05, 0.1) is 0 Å². The van der Waals surface area contributed by atoms with Gasteiger partial charge in [-0.25, -0.2) is 4.79 Å². The molecule has 0 aromatic heterocycles. The molecular formula is C14H17NO2. The number of hydrogen-bond acceptors (Lipinski definition) is 2. The second-order valence-corrected chi connectivity index (χ2v) is 4.90. The molecule has 2 aliphatic rings. The summed E-state index contributed by atoms with van der Waals surface area (Å²) < 4.78 is 5.42. The maximum Gasteiger partial charge on any atom is 0.415 e. The lowest BCUT2D eigenvalue weighted by atomic mass is 10.0. The zero-order valence-electron chi connectivity index (χ0n) is 9.84. The molecule has 90 valence electrons. The molecule has 2 fully saturated rings. The molecule has 0 spiro atoms. The summed E-state index contributed by atoms with van der Waals surface area (Å²) in [6.07, 6.45) is 5.66. The first kappa shape index (κ1) is 10.6. The first-order valence-electron chi connectivity index (χ1n) is 6.40. The molecule has 0 N–H and O–H groups in total. The molecule has 3 nitrogen and oxygen atoms in total. The number of carbonyl (C=O) groups is 1. The first-order valence-corrected chi connectivity index (χ1v) is 6.40. The van der Waals surface area contributed by atoms with Crippen molar-refractivity contribution in [3.63, 3.8) is 0 Å². The zero-order valence-corrected chi connectivity index (χ0v) is 9.84. The summed E-state index contributed by atoms with van der Waals surface area (Å²) in [5, 5.41) is 0. The molecule has 1 aromatic carbocycles. The molecule has 3 heteroatoms. The molecule has 17 heavy (non-hydrogen) atoms. The van der Waals surface area contributed by atoms with Crippen molar-refractivity contribution in [2.75, 3.05) is 0 Å². The van der Waals surface area contributed by atoms with Crippen molar-refractivity contribution >= 4 is 6.09 Å². The number of benzene rings is 1. The molecule has 2 bridgehead atoms. The Kier molecular flexibility index (Phi) is 2.75. The van der Waals surface area contributed by atoms with Gasteiger partial charge in [-0.3, -0.25) is 0 Å². The molecule has 1 aromatic rings. The molecule has 2 aliphatic heterocycles. The van der Waals surface area contributed by atoms with Gasteiger partial charge in [0, 0.05) is 12.1 Å². The Balaban J connectivity index is 1.71. The third-order valence-corrected chi connectivity index (χ3v) is 3.85. The largest absolute Gasteiger partial charge is 0.415 e. The van der Waals surface area contributed by atoms with Gasteiger partial charge in [-0.1, -0.05) is 18.2 Å². The maximum absolute atomic E-state index is 12.1. The highest BCUT2D eigenvalue weighted by atomic mass is 16.6. The molecule has 2 atom stereocenters. The van der Waals surface area contributed by atoms with Crippen molar-refractivity contribution in [1.82, 2.24) is 4.90 Å². The van der Waals surface area contributed by atoms with Crippen LogP contribution in [0.4, 0.5) is 4.79 Å². The molecule has 2 saturated heterocycles. The SMILES string of the molecule is O=C(Oc1ccccc1)N1C2CCCC1CC2. The molecule has 1 amide bonds. The van der Waals surface area contributed by atoms with Gasteiger partial charge >= 0.3 is 6.09 Å². The van der Waals surface area contributed by atoms with E-state index in [0.29, 0.717) is 17.8 Å². The van der Waals surface area contributed by atoms with E-state index in [0.717, 1.165) is 25.7 Å². The van der Waals surface area contributed by atoms with E-state index in [9.17, 15) is 4.79 Å². The predicted molar refractivity (Wildman–Crippen MR) is 65.0 cm³/mol. The molecule has 0 radical (unpaired) electrons. The highest BCUT2D eigenvalue weighted by Crippen LogP contribution is 2.35. The van der Waals surface area contributed by atoms with Crippen LogP contribution in [0.15, 0.2) is 30.3 Å². The minimum absolute atomic E-state index is 0.164. The lowest BCUT2D eigenvalue weighted by molar-refractivity contribution is 0.109. The van der Waals surface area contributed by atoms with Crippen molar-refractivity contribution in [1.29, 1.82) is 0 Å². The summed E-state index contributed by atoms with van der Waals surface area (Å²) in [5.41, 5.74) is 0. The van der Waals surface area contributed by atoms with Crippen LogP contribution < -0.4 is 4.74 Å². The van der Waals surface area contributed by atoms with Crippen LogP contribution in [0.2, 0.25) is 0 Å². The van der Waals surface area contributed by atoms with Gasteiger partial charge < -0.3 is 9.64 Å². The highest BCUT2D eigenvalue weighted by Gasteiger charge is 2.40. The summed E-state index contributed by atoms with van der Waals surface area (Å²) in [5.74, 6) is 0.641. The molecule has 0 aliphatic carbocycles. The Morgan fingerprint density at radius 2 is 1.71 bits per heavy atom. The Morgan fingerprint density at radius 3 is 2.35 bits per heavy atom. The van der Waals surface area contributed by atoms with Gasteiger partial charge in [0.1, 0.15) is 5.75 Å². The van der Waals surface area contributed by atoms with E-state index in [1.54, 1.807) is 0 Å². The standard InChI is InChI=1S/C14H17NO2/c16-14(17-13-7-2-1-3-8-13)15-11-5-4-6-12(15)10-9-11/h1-3,7-8,11-12H,4-6,9-10H2. The number of nitrogens with zero attached hydrogens (tertiary/aromatic N) is 1. The van der Waals surface area contributed by atoms with E-state index < -0.39 is 0 Å². The fourth-order valence-corrected chi connectivity index (χ4v) is 3.06. The minimum Gasteiger partial charge on any atom is -0.410 e. The molecule has 0 saturated carbocycles. The summed E-state index contributed by atoms with van der Waals surface area (Å²) in [7, 11) is 0. The molecule has 2 heterocycles. The Morgan fingerprint density at radius 1 is 1.06 bits per heavy atom. The van der Waals surface area contributed by atoms with Crippen LogP contribution in [0.3, 0.4) is 0 Å². The summed E-state index contributed by atoms with van der Waals surface area (Å²) >= 11 is 0. The number of fused-ring (bicyclic) bond motifs is 2. The summed E-state index contributed by atoms with van der Waals surface area (Å²) in [6, 6.07) is 10.2. The molecular weight excluding hydrogens is 214 g/mol. The second-order valence-electron chi connectivity index (χ2n) is 4.90. The molecule has 2 unspecified atom stereocenters. The van der Waals surface area contributed by atoms with Gasteiger partial charge in [-0.15, -0.1) is 0 Å². The first-order chi connectivity index (χ1) is 8.34. The lowest BCUT2D eigenvalue weighted by Gasteiger charge is -2.33. The van der Waals surface area contributed by atoms with Crippen LogP contribution in [0.1, 0.15) is 32.1 Å². The zero-order chi connectivity index (χ0) is 11.7. The third-order valence-electron chi connectivity index (χ3n) is 3.85. The number of piperidine rings is 1. The fourth-order valence-electron chi connectivity index (χ4n) is 3.06. The van der Waals surface area contributed by atoms with Crippen LogP contribution in [-0.4, -0.2) is 23.1 Å². The topological polar surface area (TPSA) is 29.5 Å². The van der Waals surface area contributed by atoms with Crippen LogP contribution in [0.25, 0.3) is 0 Å². The Hall–Kier alpha value is -1.51. The maximum atomic E-state index is 12.1. The van der Waals surface area contributed by atoms with E-state index in [4.69, 9.17) is 4.74 Å².